The van der Waals surface area contributed by atoms with Gasteiger partial charge >= 0.3 is 0 Å². The number of rotatable bonds is 6. The summed E-state index contributed by atoms with van der Waals surface area (Å²) in [6.07, 6.45) is 1.60. The summed E-state index contributed by atoms with van der Waals surface area (Å²) in [5, 5.41) is 20.2. The Morgan fingerprint density at radius 1 is 1.08 bits per heavy atom. The smallest absolute Gasteiger partial charge is 0.274 e. The molecule has 0 saturated carbocycles. The minimum atomic E-state index is -0.474. The Kier molecular flexibility index (Phi) is 4.98. The van der Waals surface area contributed by atoms with Gasteiger partial charge < -0.3 is 10.4 Å². The summed E-state index contributed by atoms with van der Waals surface area (Å²) in [4.78, 5) is 12.3. The molecule has 0 aliphatic carbocycles. The lowest BCUT2D eigenvalue weighted by atomic mass is 10.1. The van der Waals surface area contributed by atoms with E-state index >= 15 is 0 Å². The molecule has 24 heavy (non-hydrogen) atoms. The van der Waals surface area contributed by atoms with Gasteiger partial charge in [-0.05, 0) is 11.1 Å². The van der Waals surface area contributed by atoms with Gasteiger partial charge in [0.15, 0.2) is 5.69 Å². The zero-order valence-corrected chi connectivity index (χ0v) is 13.0. The first-order chi connectivity index (χ1) is 11.8. The number of carbonyl (C=O) groups is 1. The van der Waals surface area contributed by atoms with Crippen molar-refractivity contribution < 1.29 is 9.90 Å². The summed E-state index contributed by atoms with van der Waals surface area (Å²) in [5.41, 5.74) is 2.14. The fourth-order valence-corrected chi connectivity index (χ4v) is 2.40. The number of carbonyl (C=O) groups excluding carboxylic acids is 1. The normalized spacial score (nSPS) is 11.9. The van der Waals surface area contributed by atoms with Gasteiger partial charge in [0.05, 0.1) is 25.4 Å². The molecule has 3 rings (SSSR count). The van der Waals surface area contributed by atoms with Crippen molar-refractivity contribution in [2.24, 2.45) is 0 Å². The van der Waals surface area contributed by atoms with E-state index in [2.05, 4.69) is 15.6 Å². The predicted molar refractivity (Wildman–Crippen MR) is 89.3 cm³/mol. The Balaban J connectivity index is 1.67. The molecule has 1 unspecified atom stereocenters. The lowest BCUT2D eigenvalue weighted by molar-refractivity contribution is 0.0911. The maximum absolute atomic E-state index is 12.3. The molecule has 0 aliphatic heterocycles. The van der Waals surface area contributed by atoms with E-state index in [1.807, 2.05) is 60.7 Å². The summed E-state index contributed by atoms with van der Waals surface area (Å²) in [6, 6.07) is 18.7. The number of aromatic nitrogens is 3. The van der Waals surface area contributed by atoms with Gasteiger partial charge in [0.1, 0.15) is 0 Å². The maximum atomic E-state index is 12.3. The second kappa shape index (κ2) is 7.52. The number of hydrogen-bond donors (Lipinski definition) is 2. The Hall–Kier alpha value is -2.99. The molecular formula is C18H18N4O2. The monoisotopic (exact) mass is 322 g/mol. The second-order valence-corrected chi connectivity index (χ2v) is 5.41. The number of nitrogens with one attached hydrogen (secondary N) is 1. The van der Waals surface area contributed by atoms with Crippen LogP contribution < -0.4 is 5.32 Å². The van der Waals surface area contributed by atoms with Crippen LogP contribution in [0.15, 0.2) is 66.9 Å². The van der Waals surface area contributed by atoms with E-state index in [-0.39, 0.29) is 18.2 Å². The highest BCUT2D eigenvalue weighted by Gasteiger charge is 2.17. The van der Waals surface area contributed by atoms with Gasteiger partial charge in [0, 0.05) is 0 Å². The van der Waals surface area contributed by atoms with Crippen molar-refractivity contribution in [1.29, 1.82) is 0 Å². The zero-order valence-electron chi connectivity index (χ0n) is 13.0. The fourth-order valence-electron chi connectivity index (χ4n) is 2.40. The van der Waals surface area contributed by atoms with Crippen molar-refractivity contribution in [3.8, 4) is 0 Å². The van der Waals surface area contributed by atoms with Gasteiger partial charge in [-0.1, -0.05) is 65.9 Å². The predicted octanol–water partition coefficient (Wildman–Crippen LogP) is 1.79. The van der Waals surface area contributed by atoms with Gasteiger partial charge in [0.25, 0.3) is 5.91 Å². The van der Waals surface area contributed by atoms with Crippen LogP contribution in [0.3, 0.4) is 0 Å². The van der Waals surface area contributed by atoms with Crippen LogP contribution in [0.2, 0.25) is 0 Å². The van der Waals surface area contributed by atoms with E-state index in [9.17, 15) is 9.90 Å². The number of benzene rings is 2. The van der Waals surface area contributed by atoms with Crippen LogP contribution in [0.1, 0.15) is 27.7 Å². The van der Waals surface area contributed by atoms with Crippen molar-refractivity contribution in [3.05, 3.63) is 83.7 Å². The Bertz CT molecular complexity index is 787. The van der Waals surface area contributed by atoms with E-state index in [4.69, 9.17) is 0 Å². The van der Waals surface area contributed by atoms with E-state index < -0.39 is 6.04 Å². The van der Waals surface area contributed by atoms with Gasteiger partial charge in [-0.2, -0.15) is 0 Å². The second-order valence-electron chi connectivity index (χ2n) is 5.41. The largest absolute Gasteiger partial charge is 0.394 e. The molecule has 2 N–H and O–H groups in total. The molecule has 1 aromatic heterocycles. The van der Waals surface area contributed by atoms with Crippen molar-refractivity contribution >= 4 is 5.91 Å². The molecule has 122 valence electrons. The highest BCUT2D eigenvalue weighted by atomic mass is 16.3. The van der Waals surface area contributed by atoms with E-state index in [0.717, 1.165) is 11.1 Å². The Morgan fingerprint density at radius 2 is 1.75 bits per heavy atom. The maximum Gasteiger partial charge on any atom is 0.274 e. The fraction of sp³-hybridized carbons (Fsp3) is 0.167. The topological polar surface area (TPSA) is 80.0 Å². The summed E-state index contributed by atoms with van der Waals surface area (Å²) in [5.74, 6) is -0.364. The number of hydrogen-bond acceptors (Lipinski definition) is 4. The average molecular weight is 322 g/mol. The molecule has 6 nitrogen and oxygen atoms in total. The molecule has 3 aromatic rings. The number of aliphatic hydroxyl groups excluding tert-OH is 1. The lowest BCUT2D eigenvalue weighted by Crippen LogP contribution is -2.31. The number of aliphatic hydroxyl groups is 1. The van der Waals surface area contributed by atoms with Crippen molar-refractivity contribution in [2.75, 3.05) is 6.61 Å². The molecule has 1 heterocycles. The molecule has 0 saturated heterocycles. The van der Waals surface area contributed by atoms with Crippen LogP contribution in [0, 0.1) is 0 Å². The van der Waals surface area contributed by atoms with E-state index in [0.29, 0.717) is 6.54 Å². The molecule has 0 bridgehead atoms. The molecule has 0 radical (unpaired) electrons. The summed E-state index contributed by atoms with van der Waals surface area (Å²) in [7, 11) is 0. The quantitative estimate of drug-likeness (QED) is 0.725. The molecule has 0 aliphatic rings. The Labute approximate surface area is 139 Å². The first kappa shape index (κ1) is 15.9. The summed E-state index contributed by atoms with van der Waals surface area (Å²) in [6.45, 7) is 0.358. The first-order valence-corrected chi connectivity index (χ1v) is 7.67. The molecule has 1 atom stereocenters. The van der Waals surface area contributed by atoms with Crippen LogP contribution in [0.4, 0.5) is 0 Å². The standard InChI is InChI=1S/C18H18N4O2/c23-13-17(15-9-5-2-6-10-15)19-18(24)16-12-22(21-20-16)11-14-7-3-1-4-8-14/h1-10,12,17,23H,11,13H2,(H,19,24). The third kappa shape index (κ3) is 3.85. The van der Waals surface area contributed by atoms with Crippen molar-refractivity contribution in [2.45, 2.75) is 12.6 Å². The van der Waals surface area contributed by atoms with Crippen molar-refractivity contribution in [1.82, 2.24) is 20.3 Å². The molecular weight excluding hydrogens is 304 g/mol. The number of nitrogens with zero attached hydrogens (tertiary/aromatic N) is 3. The third-order valence-corrected chi connectivity index (χ3v) is 3.65. The highest BCUT2D eigenvalue weighted by Crippen LogP contribution is 2.12. The molecule has 0 spiro atoms. The van der Waals surface area contributed by atoms with Gasteiger partial charge in [-0.3, -0.25) is 4.79 Å². The van der Waals surface area contributed by atoms with Crippen LogP contribution in [-0.4, -0.2) is 32.6 Å². The molecule has 6 heteroatoms. The van der Waals surface area contributed by atoms with Gasteiger partial charge in [-0.15, -0.1) is 5.10 Å². The SMILES string of the molecule is O=C(NC(CO)c1ccccc1)c1cn(Cc2ccccc2)nn1. The first-order valence-electron chi connectivity index (χ1n) is 7.67. The Morgan fingerprint density at radius 3 is 2.42 bits per heavy atom. The van der Waals surface area contributed by atoms with Gasteiger partial charge in [-0.25, -0.2) is 4.68 Å². The van der Waals surface area contributed by atoms with Gasteiger partial charge in [0.2, 0.25) is 0 Å². The number of amides is 1. The minimum Gasteiger partial charge on any atom is -0.394 e. The van der Waals surface area contributed by atoms with Crippen molar-refractivity contribution in [3.63, 3.8) is 0 Å². The van der Waals surface area contributed by atoms with Crippen LogP contribution in [-0.2, 0) is 6.54 Å². The van der Waals surface area contributed by atoms with Crippen LogP contribution in [0.5, 0.6) is 0 Å². The molecule has 1 amide bonds. The third-order valence-electron chi connectivity index (χ3n) is 3.65. The zero-order chi connectivity index (χ0) is 16.8. The lowest BCUT2D eigenvalue weighted by Gasteiger charge is -2.15. The average Bonchev–Trinajstić information content (AvgIpc) is 3.10. The summed E-state index contributed by atoms with van der Waals surface area (Å²) >= 11 is 0. The molecule has 2 aromatic carbocycles. The van der Waals surface area contributed by atoms with Crippen LogP contribution >= 0.6 is 0 Å². The van der Waals surface area contributed by atoms with E-state index in [1.54, 1.807) is 10.9 Å². The minimum absolute atomic E-state index is 0.187. The highest BCUT2D eigenvalue weighted by molar-refractivity contribution is 5.92. The molecule has 0 fully saturated rings. The summed E-state index contributed by atoms with van der Waals surface area (Å²) < 4.78 is 1.61. The van der Waals surface area contributed by atoms with Crippen LogP contribution in [0.25, 0.3) is 0 Å². The van der Waals surface area contributed by atoms with E-state index in [1.165, 1.54) is 0 Å².